The summed E-state index contributed by atoms with van der Waals surface area (Å²) in [5, 5.41) is 13.3. The Morgan fingerprint density at radius 1 is 0.957 bits per heavy atom. The molecule has 0 aliphatic carbocycles. The van der Waals surface area contributed by atoms with Gasteiger partial charge >= 0.3 is 0 Å². The summed E-state index contributed by atoms with van der Waals surface area (Å²) < 4.78 is 0. The quantitative estimate of drug-likeness (QED) is 0.752. The van der Waals surface area contributed by atoms with E-state index in [9.17, 15) is 5.11 Å². The first kappa shape index (κ1) is 15.0. The van der Waals surface area contributed by atoms with Crippen molar-refractivity contribution in [1.29, 1.82) is 0 Å². The lowest BCUT2D eigenvalue weighted by Crippen LogP contribution is -2.07. The van der Waals surface area contributed by atoms with Crippen molar-refractivity contribution in [3.8, 4) is 17.1 Å². The van der Waals surface area contributed by atoms with Crippen LogP contribution in [0.4, 0.5) is 5.82 Å². The number of benzene rings is 2. The summed E-state index contributed by atoms with van der Waals surface area (Å²) in [6.07, 6.45) is 0.926. The van der Waals surface area contributed by atoms with Crippen LogP contribution in [-0.4, -0.2) is 21.6 Å². The molecule has 0 bridgehead atoms. The Morgan fingerprint density at radius 2 is 1.70 bits per heavy atom. The minimum atomic E-state index is 0.188. The molecular weight excluding hydrogens is 286 g/mol. The molecule has 0 spiro atoms. The first-order valence-corrected chi connectivity index (χ1v) is 7.64. The van der Waals surface area contributed by atoms with Crippen LogP contribution < -0.4 is 5.32 Å². The van der Waals surface area contributed by atoms with Gasteiger partial charge in [-0.3, -0.25) is 0 Å². The second kappa shape index (κ2) is 6.92. The third-order valence-electron chi connectivity index (χ3n) is 3.56. The summed E-state index contributed by atoms with van der Waals surface area (Å²) >= 11 is 0. The van der Waals surface area contributed by atoms with E-state index < -0.39 is 0 Å². The van der Waals surface area contributed by atoms with Crippen LogP contribution in [0.15, 0.2) is 60.7 Å². The number of nitrogens with zero attached hydrogens (tertiary/aromatic N) is 2. The first-order chi connectivity index (χ1) is 11.2. The molecule has 0 amide bonds. The number of nitrogens with one attached hydrogen (secondary N) is 1. The molecule has 0 fully saturated rings. The van der Waals surface area contributed by atoms with Crippen LogP contribution in [-0.2, 0) is 6.42 Å². The molecule has 0 aliphatic heterocycles. The van der Waals surface area contributed by atoms with Crippen LogP contribution in [0, 0.1) is 6.92 Å². The molecule has 1 aromatic heterocycles. The topological polar surface area (TPSA) is 58.0 Å². The van der Waals surface area contributed by atoms with Gasteiger partial charge in [0.15, 0.2) is 5.82 Å². The molecule has 0 radical (unpaired) electrons. The van der Waals surface area contributed by atoms with Gasteiger partial charge in [0, 0.05) is 18.3 Å². The van der Waals surface area contributed by atoms with Crippen LogP contribution in [0.5, 0.6) is 5.75 Å². The van der Waals surface area contributed by atoms with Crippen LogP contribution in [0.2, 0.25) is 0 Å². The number of hydrogen-bond acceptors (Lipinski definition) is 4. The van der Waals surface area contributed by atoms with E-state index in [0.29, 0.717) is 11.4 Å². The van der Waals surface area contributed by atoms with E-state index >= 15 is 0 Å². The standard InChI is InChI=1S/C19H19N3O/c1-14-13-18(20-12-11-15-7-3-2-4-8-15)22-19(21-14)16-9-5-6-10-17(16)23/h2-10,13,23H,11-12H2,1H3,(H,20,21,22). The fourth-order valence-electron chi connectivity index (χ4n) is 2.42. The van der Waals surface area contributed by atoms with Crippen molar-refractivity contribution in [2.45, 2.75) is 13.3 Å². The molecule has 0 unspecified atom stereocenters. The molecule has 2 aromatic carbocycles. The Kier molecular flexibility index (Phi) is 4.52. The van der Waals surface area contributed by atoms with E-state index in [2.05, 4.69) is 27.4 Å². The number of aromatic hydroxyl groups is 1. The summed E-state index contributed by atoms with van der Waals surface area (Å²) in [6, 6.07) is 19.3. The predicted molar refractivity (Wildman–Crippen MR) is 92.5 cm³/mol. The van der Waals surface area contributed by atoms with Crippen molar-refractivity contribution in [3.63, 3.8) is 0 Å². The largest absolute Gasteiger partial charge is 0.507 e. The van der Waals surface area contributed by atoms with E-state index in [1.807, 2.05) is 43.3 Å². The van der Waals surface area contributed by atoms with Gasteiger partial charge in [0.1, 0.15) is 11.6 Å². The summed E-state index contributed by atoms with van der Waals surface area (Å²) in [7, 11) is 0. The molecule has 23 heavy (non-hydrogen) atoms. The maximum Gasteiger partial charge on any atom is 0.165 e. The van der Waals surface area contributed by atoms with Crippen molar-refractivity contribution in [1.82, 2.24) is 9.97 Å². The zero-order valence-corrected chi connectivity index (χ0v) is 13.0. The third kappa shape index (κ3) is 3.86. The van der Waals surface area contributed by atoms with Gasteiger partial charge in [0.05, 0.1) is 5.56 Å². The highest BCUT2D eigenvalue weighted by Gasteiger charge is 2.08. The molecule has 1 heterocycles. The average Bonchev–Trinajstić information content (AvgIpc) is 2.56. The fourth-order valence-corrected chi connectivity index (χ4v) is 2.42. The molecular formula is C19H19N3O. The lowest BCUT2D eigenvalue weighted by atomic mass is 10.1. The first-order valence-electron chi connectivity index (χ1n) is 7.64. The highest BCUT2D eigenvalue weighted by molar-refractivity contribution is 5.64. The summed E-state index contributed by atoms with van der Waals surface area (Å²) in [6.45, 7) is 2.72. The third-order valence-corrected chi connectivity index (χ3v) is 3.56. The number of para-hydroxylation sites is 1. The van der Waals surface area contributed by atoms with Gasteiger partial charge in [0.2, 0.25) is 0 Å². The maximum absolute atomic E-state index is 9.97. The van der Waals surface area contributed by atoms with Crippen LogP contribution in [0.25, 0.3) is 11.4 Å². The smallest absolute Gasteiger partial charge is 0.165 e. The van der Waals surface area contributed by atoms with E-state index in [1.165, 1.54) is 5.56 Å². The van der Waals surface area contributed by atoms with Crippen molar-refractivity contribution < 1.29 is 5.11 Å². The highest BCUT2D eigenvalue weighted by atomic mass is 16.3. The number of phenols is 1. The number of aromatic nitrogens is 2. The zero-order valence-electron chi connectivity index (χ0n) is 13.0. The number of rotatable bonds is 5. The van der Waals surface area contributed by atoms with E-state index in [1.54, 1.807) is 12.1 Å². The van der Waals surface area contributed by atoms with Crippen molar-refractivity contribution >= 4 is 5.82 Å². The lowest BCUT2D eigenvalue weighted by Gasteiger charge is -2.09. The SMILES string of the molecule is Cc1cc(NCCc2ccccc2)nc(-c2ccccc2O)n1. The monoisotopic (exact) mass is 305 g/mol. The molecule has 3 rings (SSSR count). The summed E-state index contributed by atoms with van der Waals surface area (Å²) in [4.78, 5) is 8.93. The Morgan fingerprint density at radius 3 is 2.48 bits per heavy atom. The van der Waals surface area contributed by atoms with Crippen LogP contribution >= 0.6 is 0 Å². The zero-order chi connectivity index (χ0) is 16.1. The number of aryl methyl sites for hydroxylation is 1. The lowest BCUT2D eigenvalue weighted by molar-refractivity contribution is 0.477. The molecule has 0 saturated carbocycles. The molecule has 116 valence electrons. The fraction of sp³-hybridized carbons (Fsp3) is 0.158. The minimum absolute atomic E-state index is 0.188. The van der Waals surface area contributed by atoms with Gasteiger partial charge in [-0.05, 0) is 31.0 Å². The van der Waals surface area contributed by atoms with Gasteiger partial charge in [-0.25, -0.2) is 9.97 Å². The average molecular weight is 305 g/mol. The van der Waals surface area contributed by atoms with E-state index in [0.717, 1.165) is 24.5 Å². The second-order valence-corrected chi connectivity index (χ2v) is 5.40. The Balaban J connectivity index is 1.74. The molecule has 4 heteroatoms. The summed E-state index contributed by atoms with van der Waals surface area (Å²) in [5.41, 5.74) is 2.79. The maximum atomic E-state index is 9.97. The van der Waals surface area contributed by atoms with Crippen molar-refractivity contribution in [3.05, 3.63) is 71.9 Å². The van der Waals surface area contributed by atoms with Crippen LogP contribution in [0.1, 0.15) is 11.3 Å². The Hall–Kier alpha value is -2.88. The van der Waals surface area contributed by atoms with Gasteiger partial charge in [-0.2, -0.15) is 0 Å². The molecule has 0 atom stereocenters. The van der Waals surface area contributed by atoms with Gasteiger partial charge < -0.3 is 10.4 Å². The molecule has 3 aromatic rings. The van der Waals surface area contributed by atoms with Crippen LogP contribution in [0.3, 0.4) is 0 Å². The molecule has 2 N–H and O–H groups in total. The highest BCUT2D eigenvalue weighted by Crippen LogP contribution is 2.26. The second-order valence-electron chi connectivity index (χ2n) is 5.40. The van der Waals surface area contributed by atoms with Crippen molar-refractivity contribution in [2.24, 2.45) is 0 Å². The van der Waals surface area contributed by atoms with E-state index in [-0.39, 0.29) is 5.75 Å². The molecule has 0 aliphatic rings. The number of hydrogen-bond donors (Lipinski definition) is 2. The van der Waals surface area contributed by atoms with Crippen molar-refractivity contribution in [2.75, 3.05) is 11.9 Å². The number of phenolic OH excluding ortho intramolecular Hbond substituents is 1. The molecule has 0 saturated heterocycles. The van der Waals surface area contributed by atoms with Gasteiger partial charge in [-0.1, -0.05) is 42.5 Å². The minimum Gasteiger partial charge on any atom is -0.507 e. The summed E-state index contributed by atoms with van der Waals surface area (Å²) in [5.74, 6) is 1.49. The normalized spacial score (nSPS) is 10.5. The van der Waals surface area contributed by atoms with Gasteiger partial charge in [-0.15, -0.1) is 0 Å². The van der Waals surface area contributed by atoms with Gasteiger partial charge in [0.25, 0.3) is 0 Å². The number of anilines is 1. The molecule has 4 nitrogen and oxygen atoms in total. The van der Waals surface area contributed by atoms with E-state index in [4.69, 9.17) is 0 Å². The Labute approximate surface area is 135 Å². The predicted octanol–water partition coefficient (Wildman–Crippen LogP) is 3.81. The Bertz CT molecular complexity index is 788.